The lowest BCUT2D eigenvalue weighted by atomic mass is 10.2. The maximum atomic E-state index is 5.98. The summed E-state index contributed by atoms with van der Waals surface area (Å²) in [6, 6.07) is 2.61. The number of unbranched alkanes of at least 4 members (excludes halogenated alkanes) is 4. The predicted molar refractivity (Wildman–Crippen MR) is 83.2 cm³/mol. The third-order valence-corrected chi connectivity index (χ3v) is 8.36. The van der Waals surface area contributed by atoms with Crippen molar-refractivity contribution in [3.05, 3.63) is 0 Å². The molecule has 104 valence electrons. The van der Waals surface area contributed by atoms with Crippen molar-refractivity contribution in [1.29, 1.82) is 0 Å². The van der Waals surface area contributed by atoms with E-state index in [2.05, 4.69) is 0 Å². The molecular weight excluding hydrogens is 264 g/mol. The van der Waals surface area contributed by atoms with Crippen molar-refractivity contribution in [1.82, 2.24) is 0 Å². The van der Waals surface area contributed by atoms with Crippen molar-refractivity contribution in [2.75, 3.05) is 13.1 Å². The number of hydrogen-bond donors (Lipinski definition) is 2. The van der Waals surface area contributed by atoms with Crippen LogP contribution in [0.1, 0.15) is 38.5 Å². The number of rotatable bonds is 13. The summed E-state index contributed by atoms with van der Waals surface area (Å²) in [5.41, 5.74) is 11.0. The normalized spacial score (nSPS) is 12.2. The summed E-state index contributed by atoms with van der Waals surface area (Å²) in [4.78, 5) is 0. The van der Waals surface area contributed by atoms with Crippen LogP contribution in [0.4, 0.5) is 0 Å². The second-order valence-corrected chi connectivity index (χ2v) is 10.7. The monoisotopic (exact) mass is 294 g/mol. The van der Waals surface area contributed by atoms with Gasteiger partial charge in [-0.3, -0.25) is 0 Å². The molecular formula is C10H30N2O2Si3. The zero-order valence-electron chi connectivity index (χ0n) is 11.3. The fourth-order valence-electron chi connectivity index (χ4n) is 1.86. The van der Waals surface area contributed by atoms with E-state index in [0.29, 0.717) is 0 Å². The Morgan fingerprint density at radius 3 is 1.82 bits per heavy atom. The van der Waals surface area contributed by atoms with Crippen molar-refractivity contribution in [2.45, 2.75) is 50.6 Å². The smallest absolute Gasteiger partial charge is 0.283 e. The Morgan fingerprint density at radius 2 is 1.41 bits per heavy atom. The van der Waals surface area contributed by atoms with Gasteiger partial charge in [0.25, 0.3) is 10.0 Å². The van der Waals surface area contributed by atoms with E-state index in [9.17, 15) is 0 Å². The van der Waals surface area contributed by atoms with Gasteiger partial charge in [-0.05, 0) is 38.0 Å². The van der Waals surface area contributed by atoms with Crippen molar-refractivity contribution in [3.63, 3.8) is 0 Å². The number of hydrogen-bond acceptors (Lipinski definition) is 4. The van der Waals surface area contributed by atoms with Crippen LogP contribution in [-0.2, 0) is 8.23 Å². The molecule has 0 amide bonds. The highest BCUT2D eigenvalue weighted by atomic mass is 28.4. The first-order chi connectivity index (χ1) is 8.35. The second kappa shape index (κ2) is 14.6. The van der Waals surface area contributed by atoms with Crippen LogP contribution in [0.2, 0.25) is 12.1 Å². The molecule has 0 aliphatic carbocycles. The van der Waals surface area contributed by atoms with Gasteiger partial charge >= 0.3 is 0 Å². The first-order valence-corrected chi connectivity index (χ1v) is 10.9. The Hall–Kier alpha value is 0.491. The molecule has 7 heteroatoms. The molecule has 0 saturated heterocycles. The van der Waals surface area contributed by atoms with Crippen LogP contribution in [-0.4, -0.2) is 42.6 Å². The molecule has 0 aromatic heterocycles. The molecule has 0 aliphatic heterocycles. The first-order valence-electron chi connectivity index (χ1n) is 6.85. The Bertz CT molecular complexity index is 144. The summed E-state index contributed by atoms with van der Waals surface area (Å²) in [6.07, 6.45) is 7.41. The van der Waals surface area contributed by atoms with Crippen LogP contribution >= 0.6 is 0 Å². The molecule has 0 saturated carbocycles. The summed E-state index contributed by atoms with van der Waals surface area (Å²) < 4.78 is 11.3. The third-order valence-electron chi connectivity index (χ3n) is 2.88. The molecule has 4 N–H and O–H groups in total. The summed E-state index contributed by atoms with van der Waals surface area (Å²) in [5.74, 6) is 0. The van der Waals surface area contributed by atoms with E-state index in [4.69, 9.17) is 19.7 Å². The van der Waals surface area contributed by atoms with Crippen molar-refractivity contribution >= 4 is 29.5 Å². The Morgan fingerprint density at radius 1 is 0.882 bits per heavy atom. The van der Waals surface area contributed by atoms with Gasteiger partial charge in [0.1, 0.15) is 10.5 Å². The fraction of sp³-hybridized carbons (Fsp3) is 1.00. The Labute approximate surface area is 113 Å². The maximum Gasteiger partial charge on any atom is 0.283 e. The van der Waals surface area contributed by atoms with Gasteiger partial charge in [0, 0.05) is 0 Å². The largest absolute Gasteiger partial charge is 0.449 e. The molecule has 0 fully saturated rings. The summed E-state index contributed by atoms with van der Waals surface area (Å²) in [7, 11) is -0.758. The van der Waals surface area contributed by atoms with E-state index in [0.717, 1.165) is 36.4 Å². The predicted octanol–water partition coefficient (Wildman–Crippen LogP) is -0.719. The van der Waals surface area contributed by atoms with Gasteiger partial charge in [-0.1, -0.05) is 25.7 Å². The maximum absolute atomic E-state index is 5.98. The van der Waals surface area contributed by atoms with E-state index in [1.165, 1.54) is 37.8 Å². The molecule has 0 bridgehead atoms. The summed E-state index contributed by atoms with van der Waals surface area (Å²) in [6.45, 7) is 1.64. The summed E-state index contributed by atoms with van der Waals surface area (Å²) in [5, 5.41) is 0. The molecule has 0 aliphatic rings. The summed E-state index contributed by atoms with van der Waals surface area (Å²) >= 11 is 0. The van der Waals surface area contributed by atoms with Crippen molar-refractivity contribution < 1.29 is 8.23 Å². The lowest BCUT2D eigenvalue weighted by Crippen LogP contribution is -2.21. The van der Waals surface area contributed by atoms with Gasteiger partial charge in [0.15, 0.2) is 9.04 Å². The molecule has 0 radical (unpaired) electrons. The van der Waals surface area contributed by atoms with E-state index < -0.39 is 19.0 Å². The van der Waals surface area contributed by atoms with Crippen molar-refractivity contribution in [2.24, 2.45) is 11.5 Å². The SMILES string of the molecule is NCCCCC[SiH](CCCCCN)O[SiH2]O[SiH3]. The average molecular weight is 295 g/mol. The molecule has 0 aromatic rings. The molecule has 0 aromatic carbocycles. The van der Waals surface area contributed by atoms with Crippen LogP contribution in [0.5, 0.6) is 0 Å². The topological polar surface area (TPSA) is 70.5 Å². The zero-order chi connectivity index (χ0) is 12.8. The molecule has 4 nitrogen and oxygen atoms in total. The minimum absolute atomic E-state index is 0.631. The van der Waals surface area contributed by atoms with E-state index >= 15 is 0 Å². The molecule has 0 heterocycles. The second-order valence-electron chi connectivity index (χ2n) is 4.47. The molecule has 0 atom stereocenters. The first kappa shape index (κ1) is 17.5. The Kier molecular flexibility index (Phi) is 15.0. The van der Waals surface area contributed by atoms with Crippen LogP contribution in [0.25, 0.3) is 0 Å². The van der Waals surface area contributed by atoms with Gasteiger partial charge < -0.3 is 19.7 Å². The van der Waals surface area contributed by atoms with Gasteiger partial charge in [-0.15, -0.1) is 0 Å². The van der Waals surface area contributed by atoms with Gasteiger partial charge in [0.05, 0.1) is 0 Å². The highest BCUT2D eigenvalue weighted by Gasteiger charge is 2.10. The molecule has 17 heavy (non-hydrogen) atoms. The standard InChI is InChI=1S/C10H30N2O2Si3/c11-7-3-1-5-9-17(14-16-13-15)10-6-2-4-8-12/h17H,1-12,16H2,15H3. The molecule has 0 rings (SSSR count). The molecule has 0 unspecified atom stereocenters. The molecule has 0 spiro atoms. The van der Waals surface area contributed by atoms with Crippen LogP contribution in [0.15, 0.2) is 0 Å². The third kappa shape index (κ3) is 12.7. The minimum atomic E-state index is -0.959. The quantitative estimate of drug-likeness (QED) is 0.347. The van der Waals surface area contributed by atoms with Gasteiger partial charge in [-0.25, -0.2) is 0 Å². The lowest BCUT2D eigenvalue weighted by Gasteiger charge is -2.16. The van der Waals surface area contributed by atoms with Gasteiger partial charge in [-0.2, -0.15) is 0 Å². The highest BCUT2D eigenvalue weighted by Crippen LogP contribution is 2.12. The fourth-order valence-corrected chi connectivity index (χ4v) is 7.51. The lowest BCUT2D eigenvalue weighted by molar-refractivity contribution is 0.480. The van der Waals surface area contributed by atoms with E-state index in [1.54, 1.807) is 0 Å². The van der Waals surface area contributed by atoms with Crippen LogP contribution in [0, 0.1) is 0 Å². The van der Waals surface area contributed by atoms with E-state index in [1.807, 2.05) is 0 Å². The van der Waals surface area contributed by atoms with E-state index in [-0.39, 0.29) is 0 Å². The zero-order valence-corrected chi connectivity index (χ0v) is 15.9. The highest BCUT2D eigenvalue weighted by molar-refractivity contribution is 6.57. The van der Waals surface area contributed by atoms with Gasteiger partial charge in [0.2, 0.25) is 0 Å². The Balaban J connectivity index is 3.56. The minimum Gasteiger partial charge on any atom is -0.449 e. The average Bonchev–Trinajstić information content (AvgIpc) is 2.35. The van der Waals surface area contributed by atoms with Crippen LogP contribution in [0.3, 0.4) is 0 Å². The van der Waals surface area contributed by atoms with Crippen LogP contribution < -0.4 is 11.5 Å². The van der Waals surface area contributed by atoms with Crippen molar-refractivity contribution in [3.8, 4) is 0 Å². The number of nitrogens with two attached hydrogens (primary N) is 2.